The number of nitrogens with zero attached hydrogens (tertiary/aromatic N) is 1. The number of H-pyrrole nitrogens is 1. The van der Waals surface area contributed by atoms with Gasteiger partial charge in [0.2, 0.25) is 17.7 Å². The number of nitrogens with one attached hydrogen (secondary N) is 4. The highest BCUT2D eigenvalue weighted by atomic mass is 32.2. The summed E-state index contributed by atoms with van der Waals surface area (Å²) in [5.74, 6) is -2.35. The Balaban J connectivity index is 3.05. The molecule has 1 aromatic rings. The number of hydrogen-bond acceptors (Lipinski definition) is 8. The Bertz CT molecular complexity index is 824. The molecule has 12 nitrogen and oxygen atoms in total. The van der Waals surface area contributed by atoms with E-state index in [1.165, 1.54) is 24.3 Å². The van der Waals surface area contributed by atoms with Crippen LogP contribution in [-0.4, -0.2) is 81.5 Å². The topological polar surface area (TPSA) is 205 Å². The Hall–Kier alpha value is -2.64. The number of aliphatic carboxylic acids is 1. The molecular weight excluding hydrogens is 486 g/mol. The number of carbonyl (C=O) groups is 4. The second-order valence-electron chi connectivity index (χ2n) is 8.78. The number of carboxylic acid groups (broad SMARTS) is 1. The third kappa shape index (κ3) is 11.0. The van der Waals surface area contributed by atoms with Crippen molar-refractivity contribution in [1.29, 1.82) is 0 Å². The van der Waals surface area contributed by atoms with E-state index in [2.05, 4.69) is 25.9 Å². The Kier molecular flexibility index (Phi) is 14.8. The molecule has 13 heteroatoms. The Morgan fingerprint density at radius 3 is 2.25 bits per heavy atom. The van der Waals surface area contributed by atoms with Gasteiger partial charge in [-0.3, -0.25) is 14.4 Å². The Labute approximate surface area is 216 Å². The summed E-state index contributed by atoms with van der Waals surface area (Å²) >= 11 is 1.47. The van der Waals surface area contributed by atoms with E-state index in [1.807, 2.05) is 20.1 Å². The summed E-state index contributed by atoms with van der Waals surface area (Å²) in [6.07, 6.45) is 7.34. The molecule has 0 aromatic carbocycles. The number of thioether (sulfide) groups is 1. The fraction of sp³-hybridized carbons (Fsp3) is 0.696. The van der Waals surface area contributed by atoms with Crippen molar-refractivity contribution in [3.63, 3.8) is 0 Å². The van der Waals surface area contributed by atoms with Crippen molar-refractivity contribution in [2.75, 3.05) is 18.6 Å². The molecule has 204 valence electrons. The first kappa shape index (κ1) is 31.4. The van der Waals surface area contributed by atoms with Gasteiger partial charge in [0, 0.05) is 18.3 Å². The van der Waals surface area contributed by atoms with E-state index >= 15 is 0 Å². The maximum Gasteiger partial charge on any atom is 0.326 e. The molecule has 0 fully saturated rings. The molecular formula is C23H41N7O5S. The number of aromatic nitrogens is 2. The molecule has 3 amide bonds. The quantitative estimate of drug-likeness (QED) is 0.125. The van der Waals surface area contributed by atoms with Crippen LogP contribution in [0.1, 0.15) is 51.6 Å². The van der Waals surface area contributed by atoms with Crippen LogP contribution in [0.5, 0.6) is 0 Å². The number of carbonyl (C=O) groups excluding carboxylic acids is 3. The van der Waals surface area contributed by atoms with Gasteiger partial charge in [-0.1, -0.05) is 20.3 Å². The van der Waals surface area contributed by atoms with E-state index < -0.39 is 47.9 Å². The lowest BCUT2D eigenvalue weighted by Crippen LogP contribution is -2.58. The minimum atomic E-state index is -1.16. The molecule has 0 spiro atoms. The predicted molar refractivity (Wildman–Crippen MR) is 139 cm³/mol. The van der Waals surface area contributed by atoms with Gasteiger partial charge in [-0.25, -0.2) is 9.78 Å². The van der Waals surface area contributed by atoms with Crippen LogP contribution in [0, 0.1) is 5.92 Å². The number of rotatable bonds is 18. The van der Waals surface area contributed by atoms with Gasteiger partial charge in [0.25, 0.3) is 0 Å². The van der Waals surface area contributed by atoms with Crippen molar-refractivity contribution in [3.8, 4) is 0 Å². The maximum absolute atomic E-state index is 13.2. The van der Waals surface area contributed by atoms with Gasteiger partial charge in [-0.05, 0) is 50.2 Å². The largest absolute Gasteiger partial charge is 0.480 e. The van der Waals surface area contributed by atoms with E-state index in [9.17, 15) is 24.3 Å². The summed E-state index contributed by atoms with van der Waals surface area (Å²) in [5.41, 5.74) is 12.2. The van der Waals surface area contributed by atoms with Crippen molar-refractivity contribution in [3.05, 3.63) is 18.2 Å². The zero-order valence-corrected chi connectivity index (χ0v) is 22.1. The number of hydrogen-bond donors (Lipinski definition) is 7. The second-order valence-corrected chi connectivity index (χ2v) is 9.77. The van der Waals surface area contributed by atoms with Crippen molar-refractivity contribution in [2.24, 2.45) is 17.4 Å². The highest BCUT2D eigenvalue weighted by Gasteiger charge is 2.31. The number of nitrogens with two attached hydrogens (primary N) is 2. The SMILES string of the molecule is CCC(C)C(N)C(=O)NC(CCCCN)C(=O)NC(Cc1cnc[nH]1)C(=O)NC(CCSC)C(=O)O. The first-order chi connectivity index (χ1) is 17.1. The number of amides is 3. The van der Waals surface area contributed by atoms with E-state index in [1.54, 1.807) is 0 Å². The van der Waals surface area contributed by atoms with Crippen LogP contribution < -0.4 is 27.4 Å². The highest BCUT2D eigenvalue weighted by molar-refractivity contribution is 7.98. The van der Waals surface area contributed by atoms with Gasteiger partial charge in [0.05, 0.1) is 12.4 Å². The van der Waals surface area contributed by atoms with Crippen LogP contribution >= 0.6 is 11.8 Å². The van der Waals surface area contributed by atoms with Crippen molar-refractivity contribution in [1.82, 2.24) is 25.9 Å². The summed E-state index contributed by atoms with van der Waals surface area (Å²) in [6.45, 7) is 4.21. The molecule has 1 rings (SSSR count). The third-order valence-corrected chi connectivity index (χ3v) is 6.62. The van der Waals surface area contributed by atoms with Crippen LogP contribution in [0.3, 0.4) is 0 Å². The summed E-state index contributed by atoms with van der Waals surface area (Å²) in [5, 5.41) is 17.4. The van der Waals surface area contributed by atoms with Crippen LogP contribution in [-0.2, 0) is 25.6 Å². The van der Waals surface area contributed by atoms with E-state index in [-0.39, 0.29) is 18.8 Å². The molecule has 5 unspecified atom stereocenters. The second kappa shape index (κ2) is 16.9. The smallest absolute Gasteiger partial charge is 0.326 e. The van der Waals surface area contributed by atoms with Crippen molar-refractivity contribution in [2.45, 2.75) is 76.5 Å². The fourth-order valence-electron chi connectivity index (χ4n) is 3.41. The number of imidazole rings is 1. The lowest BCUT2D eigenvalue weighted by molar-refractivity contribution is -0.142. The molecule has 9 N–H and O–H groups in total. The first-order valence-corrected chi connectivity index (χ1v) is 13.6. The molecule has 1 aromatic heterocycles. The summed E-state index contributed by atoms with van der Waals surface area (Å²) < 4.78 is 0. The van der Waals surface area contributed by atoms with Gasteiger partial charge in [-0.2, -0.15) is 11.8 Å². The minimum Gasteiger partial charge on any atom is -0.480 e. The molecule has 0 bridgehead atoms. The molecule has 0 aliphatic rings. The van der Waals surface area contributed by atoms with E-state index in [0.717, 1.165) is 0 Å². The maximum atomic E-state index is 13.2. The lowest BCUT2D eigenvalue weighted by Gasteiger charge is -2.26. The van der Waals surface area contributed by atoms with Crippen LogP contribution in [0.2, 0.25) is 0 Å². The van der Waals surface area contributed by atoms with Gasteiger partial charge in [0.15, 0.2) is 0 Å². The molecule has 0 aliphatic heterocycles. The molecule has 5 atom stereocenters. The lowest BCUT2D eigenvalue weighted by atomic mass is 9.98. The average Bonchev–Trinajstić information content (AvgIpc) is 3.37. The summed E-state index contributed by atoms with van der Waals surface area (Å²) in [4.78, 5) is 57.4. The molecule has 1 heterocycles. The Morgan fingerprint density at radius 2 is 1.69 bits per heavy atom. The Morgan fingerprint density at radius 1 is 1.06 bits per heavy atom. The van der Waals surface area contributed by atoms with Crippen LogP contribution in [0.25, 0.3) is 0 Å². The molecule has 0 radical (unpaired) electrons. The van der Waals surface area contributed by atoms with E-state index in [4.69, 9.17) is 11.5 Å². The van der Waals surface area contributed by atoms with Gasteiger partial charge < -0.3 is 37.5 Å². The average molecular weight is 528 g/mol. The van der Waals surface area contributed by atoms with Gasteiger partial charge >= 0.3 is 5.97 Å². The minimum absolute atomic E-state index is 0.0578. The summed E-state index contributed by atoms with van der Waals surface area (Å²) in [6, 6.07) is -3.90. The number of unbranched alkanes of at least 4 members (excludes halogenated alkanes) is 1. The zero-order valence-electron chi connectivity index (χ0n) is 21.3. The number of aromatic amines is 1. The molecule has 0 saturated heterocycles. The summed E-state index contributed by atoms with van der Waals surface area (Å²) in [7, 11) is 0. The van der Waals surface area contributed by atoms with Crippen LogP contribution in [0.4, 0.5) is 0 Å². The van der Waals surface area contributed by atoms with Gasteiger partial charge in [0.1, 0.15) is 18.1 Å². The highest BCUT2D eigenvalue weighted by Crippen LogP contribution is 2.09. The van der Waals surface area contributed by atoms with Crippen molar-refractivity contribution >= 4 is 35.5 Å². The van der Waals surface area contributed by atoms with Gasteiger partial charge in [-0.15, -0.1) is 0 Å². The molecule has 36 heavy (non-hydrogen) atoms. The van der Waals surface area contributed by atoms with Crippen LogP contribution in [0.15, 0.2) is 12.5 Å². The molecule has 0 aliphatic carbocycles. The fourth-order valence-corrected chi connectivity index (χ4v) is 3.88. The zero-order chi connectivity index (χ0) is 27.1. The monoisotopic (exact) mass is 527 g/mol. The van der Waals surface area contributed by atoms with Crippen molar-refractivity contribution < 1.29 is 24.3 Å². The van der Waals surface area contributed by atoms with E-state index in [0.29, 0.717) is 43.7 Å². The predicted octanol–water partition coefficient (Wildman–Crippen LogP) is -0.253. The first-order valence-electron chi connectivity index (χ1n) is 12.2. The standard InChI is InChI=1S/C23H41N7O5S/c1-4-14(2)19(25)22(33)28-16(7-5-6-9-24)20(31)30-18(11-15-12-26-13-27-15)21(32)29-17(23(34)35)8-10-36-3/h12-14,16-19H,4-11,24-25H2,1-3H3,(H,26,27)(H,28,33)(H,29,32)(H,30,31)(H,34,35). The number of carboxylic acids is 1. The third-order valence-electron chi connectivity index (χ3n) is 5.98. The normalized spacial score (nSPS) is 15.2. The molecule has 0 saturated carbocycles.